The van der Waals surface area contributed by atoms with Gasteiger partial charge in [-0.15, -0.1) is 0 Å². The molecule has 4 rings (SSSR count). The van der Waals surface area contributed by atoms with Crippen LogP contribution in [0.15, 0.2) is 48.5 Å². The third-order valence-electron chi connectivity index (χ3n) is 7.98. The van der Waals surface area contributed by atoms with Gasteiger partial charge in [-0.3, -0.25) is 9.59 Å². The number of carbonyl (C=O) groups excluding carboxylic acids is 3. The molecule has 0 spiro atoms. The molecular formula is C34H44FN3O4S2. The van der Waals surface area contributed by atoms with Gasteiger partial charge in [0.2, 0.25) is 0 Å². The molecule has 2 aliphatic heterocycles. The lowest BCUT2D eigenvalue weighted by Gasteiger charge is -2.28. The van der Waals surface area contributed by atoms with Gasteiger partial charge in [-0.05, 0) is 113 Å². The van der Waals surface area contributed by atoms with Crippen LogP contribution in [0, 0.1) is 11.7 Å². The van der Waals surface area contributed by atoms with Crippen LogP contribution < -0.4 is 10.6 Å². The van der Waals surface area contributed by atoms with Gasteiger partial charge >= 0.3 is 5.97 Å². The van der Waals surface area contributed by atoms with Gasteiger partial charge in [0.25, 0.3) is 5.91 Å². The third kappa shape index (κ3) is 9.92. The number of amides is 1. The SMILES string of the molecule is CSCCC(NC(=O)c1ccc(/C=C/C2CC(SC(=O)C3CCN(C)CC3)CN2)cc1-c1ccc(F)cc1)C(=O)OC(C)C. The quantitative estimate of drug-likeness (QED) is 0.288. The van der Waals surface area contributed by atoms with E-state index < -0.39 is 17.9 Å². The second-order valence-corrected chi connectivity index (χ2v) is 14.1. The molecular weight excluding hydrogens is 598 g/mol. The number of rotatable bonds is 12. The maximum Gasteiger partial charge on any atom is 0.328 e. The number of hydrogen-bond acceptors (Lipinski definition) is 8. The van der Waals surface area contributed by atoms with Crippen LogP contribution in [0.1, 0.15) is 55.5 Å². The highest BCUT2D eigenvalue weighted by molar-refractivity contribution is 8.14. The number of hydrogen-bond donors (Lipinski definition) is 2. The van der Waals surface area contributed by atoms with Crippen molar-refractivity contribution in [3.8, 4) is 11.1 Å². The molecule has 2 heterocycles. The van der Waals surface area contributed by atoms with Gasteiger partial charge in [0.05, 0.1) is 6.10 Å². The van der Waals surface area contributed by atoms with E-state index in [1.165, 1.54) is 23.9 Å². The van der Waals surface area contributed by atoms with Crippen molar-refractivity contribution in [3.05, 3.63) is 65.5 Å². The van der Waals surface area contributed by atoms with E-state index in [0.29, 0.717) is 34.0 Å². The number of carbonyl (C=O) groups is 3. The monoisotopic (exact) mass is 641 g/mol. The highest BCUT2D eigenvalue weighted by atomic mass is 32.2. The minimum atomic E-state index is -0.774. The fraction of sp³-hybridized carbons (Fsp3) is 0.500. The standard InChI is InChI=1S/C34H44FN3O4S2/c1-22(2)42-33(40)31(15-18-43-4)37-32(39)29-12-6-23(19-30(29)24-7-9-26(35)10-8-24)5-11-27-20-28(21-36-27)44-34(41)25-13-16-38(3)17-14-25/h5-12,19,22,25,27-28,31,36H,13-18,20-21H2,1-4H3,(H,37,39)/b11-5+. The maximum absolute atomic E-state index is 13.8. The zero-order valence-corrected chi connectivity index (χ0v) is 27.6. The van der Waals surface area contributed by atoms with Crippen LogP contribution in [0.3, 0.4) is 0 Å². The van der Waals surface area contributed by atoms with E-state index in [4.69, 9.17) is 4.74 Å². The molecule has 238 valence electrons. The molecule has 3 unspecified atom stereocenters. The van der Waals surface area contributed by atoms with Crippen molar-refractivity contribution in [2.75, 3.05) is 38.7 Å². The molecule has 2 fully saturated rings. The van der Waals surface area contributed by atoms with Gasteiger partial charge in [0.15, 0.2) is 5.12 Å². The summed E-state index contributed by atoms with van der Waals surface area (Å²) in [5, 5.41) is 6.96. The Kier molecular flexibility index (Phi) is 12.9. The number of esters is 1. The Morgan fingerprint density at radius 2 is 1.86 bits per heavy atom. The number of nitrogens with zero attached hydrogens (tertiary/aromatic N) is 1. The molecule has 2 saturated heterocycles. The predicted molar refractivity (Wildman–Crippen MR) is 179 cm³/mol. The van der Waals surface area contributed by atoms with Crippen molar-refractivity contribution in [2.24, 2.45) is 5.92 Å². The molecule has 0 bridgehead atoms. The summed E-state index contributed by atoms with van der Waals surface area (Å²) in [7, 11) is 2.10. The average molecular weight is 642 g/mol. The summed E-state index contributed by atoms with van der Waals surface area (Å²) in [6, 6.07) is 10.9. The molecule has 3 atom stereocenters. The largest absolute Gasteiger partial charge is 0.461 e. The zero-order chi connectivity index (χ0) is 31.6. The average Bonchev–Trinajstić information content (AvgIpc) is 3.45. The number of piperidine rings is 1. The Hall–Kier alpha value is -2.66. The summed E-state index contributed by atoms with van der Waals surface area (Å²) >= 11 is 3.09. The maximum atomic E-state index is 13.8. The fourth-order valence-electron chi connectivity index (χ4n) is 5.47. The van der Waals surface area contributed by atoms with Crippen molar-refractivity contribution >= 4 is 46.6 Å². The third-order valence-corrected chi connectivity index (χ3v) is 9.88. The van der Waals surface area contributed by atoms with Gasteiger partial charge in [-0.1, -0.05) is 42.1 Å². The highest BCUT2D eigenvalue weighted by Gasteiger charge is 2.30. The van der Waals surface area contributed by atoms with E-state index in [0.717, 1.165) is 44.5 Å². The van der Waals surface area contributed by atoms with Crippen LogP contribution in [-0.2, 0) is 14.3 Å². The minimum Gasteiger partial charge on any atom is -0.461 e. The van der Waals surface area contributed by atoms with Gasteiger partial charge in [-0.25, -0.2) is 9.18 Å². The van der Waals surface area contributed by atoms with Crippen LogP contribution in [0.25, 0.3) is 17.2 Å². The first-order valence-electron chi connectivity index (χ1n) is 15.3. The molecule has 2 aliphatic rings. The Bertz CT molecular complexity index is 1310. The highest BCUT2D eigenvalue weighted by Crippen LogP contribution is 2.30. The van der Waals surface area contributed by atoms with Crippen LogP contribution in [-0.4, -0.2) is 84.0 Å². The zero-order valence-electron chi connectivity index (χ0n) is 26.0. The summed E-state index contributed by atoms with van der Waals surface area (Å²) in [5.41, 5.74) is 2.62. The summed E-state index contributed by atoms with van der Waals surface area (Å²) in [6.45, 7) is 6.30. The molecule has 2 aromatic carbocycles. The van der Waals surface area contributed by atoms with Crippen LogP contribution in [0.4, 0.5) is 4.39 Å². The Morgan fingerprint density at radius 3 is 2.55 bits per heavy atom. The second kappa shape index (κ2) is 16.6. The lowest BCUT2D eigenvalue weighted by molar-refractivity contribution is -0.149. The summed E-state index contributed by atoms with van der Waals surface area (Å²) in [5.74, 6) is -0.364. The molecule has 0 radical (unpaired) electrons. The number of thioether (sulfide) groups is 2. The molecule has 1 amide bonds. The van der Waals surface area contributed by atoms with E-state index in [9.17, 15) is 18.8 Å². The van der Waals surface area contributed by atoms with Crippen LogP contribution in [0.5, 0.6) is 0 Å². The fourth-order valence-corrected chi connectivity index (χ4v) is 7.18. The molecule has 7 nitrogen and oxygen atoms in total. The van der Waals surface area contributed by atoms with Crippen molar-refractivity contribution < 1.29 is 23.5 Å². The summed E-state index contributed by atoms with van der Waals surface area (Å²) in [6.07, 6.45) is 8.97. The first-order chi connectivity index (χ1) is 21.1. The van der Waals surface area contributed by atoms with Crippen molar-refractivity contribution in [3.63, 3.8) is 0 Å². The van der Waals surface area contributed by atoms with E-state index in [-0.39, 0.29) is 29.1 Å². The summed E-state index contributed by atoms with van der Waals surface area (Å²) in [4.78, 5) is 41.4. The minimum absolute atomic E-state index is 0.138. The topological polar surface area (TPSA) is 87.7 Å². The van der Waals surface area contributed by atoms with Crippen molar-refractivity contribution in [1.29, 1.82) is 0 Å². The van der Waals surface area contributed by atoms with Gasteiger partial charge in [0, 0.05) is 29.3 Å². The van der Waals surface area contributed by atoms with E-state index >= 15 is 0 Å². The van der Waals surface area contributed by atoms with Crippen LogP contribution in [0.2, 0.25) is 0 Å². The van der Waals surface area contributed by atoms with Crippen molar-refractivity contribution in [1.82, 2.24) is 15.5 Å². The molecule has 2 aromatic rings. The van der Waals surface area contributed by atoms with E-state index in [1.807, 2.05) is 24.5 Å². The van der Waals surface area contributed by atoms with Gasteiger partial charge in [-0.2, -0.15) is 11.8 Å². The lowest BCUT2D eigenvalue weighted by Crippen LogP contribution is -2.43. The molecule has 10 heteroatoms. The first kappa shape index (κ1) is 34.2. The number of nitrogens with one attached hydrogen (secondary N) is 2. The molecule has 44 heavy (non-hydrogen) atoms. The number of likely N-dealkylation sites (tertiary alicyclic amines) is 1. The number of halogens is 1. The predicted octanol–water partition coefficient (Wildman–Crippen LogP) is 5.64. The number of benzene rings is 2. The number of ether oxygens (including phenoxy) is 1. The molecule has 0 aromatic heterocycles. The van der Waals surface area contributed by atoms with E-state index in [1.54, 1.807) is 43.8 Å². The van der Waals surface area contributed by atoms with Crippen molar-refractivity contribution in [2.45, 2.75) is 63.0 Å². The Labute approximate surface area is 269 Å². The summed E-state index contributed by atoms with van der Waals surface area (Å²) < 4.78 is 19.2. The lowest BCUT2D eigenvalue weighted by atomic mass is 9.96. The smallest absolute Gasteiger partial charge is 0.328 e. The Morgan fingerprint density at radius 1 is 1.14 bits per heavy atom. The molecule has 2 N–H and O–H groups in total. The van der Waals surface area contributed by atoms with E-state index in [2.05, 4.69) is 28.7 Å². The van der Waals surface area contributed by atoms with Gasteiger partial charge in [0.1, 0.15) is 11.9 Å². The van der Waals surface area contributed by atoms with Crippen LogP contribution >= 0.6 is 23.5 Å². The molecule has 0 saturated carbocycles. The first-order valence-corrected chi connectivity index (χ1v) is 17.6. The Balaban J connectivity index is 1.47. The molecule has 0 aliphatic carbocycles. The normalized spacial score (nSPS) is 20.2. The second-order valence-electron chi connectivity index (χ2n) is 11.9. The van der Waals surface area contributed by atoms with Gasteiger partial charge < -0.3 is 20.3 Å².